The van der Waals surface area contributed by atoms with Gasteiger partial charge in [-0.3, -0.25) is 4.72 Å². The van der Waals surface area contributed by atoms with Gasteiger partial charge in [-0.05, 0) is 74.9 Å². The summed E-state index contributed by atoms with van der Waals surface area (Å²) in [6, 6.07) is 15.0. The van der Waals surface area contributed by atoms with E-state index in [1.807, 2.05) is 32.9 Å². The van der Waals surface area contributed by atoms with Gasteiger partial charge in [-0.2, -0.15) is 5.10 Å². The molecule has 0 fully saturated rings. The number of rotatable bonds is 6. The molecule has 0 radical (unpaired) electrons. The third-order valence-electron chi connectivity index (χ3n) is 5.75. The molecule has 2 aromatic carbocycles. The summed E-state index contributed by atoms with van der Waals surface area (Å²) < 4.78 is 40.9. The molecule has 0 spiro atoms. The van der Waals surface area contributed by atoms with E-state index in [2.05, 4.69) is 25.3 Å². The largest absolute Gasteiger partial charge is 0.486 e. The van der Waals surface area contributed by atoms with Crippen molar-refractivity contribution in [1.82, 2.24) is 20.0 Å². The molecule has 0 aliphatic carbocycles. The van der Waals surface area contributed by atoms with Crippen molar-refractivity contribution >= 4 is 27.2 Å². The Morgan fingerprint density at radius 3 is 2.23 bits per heavy atom. The predicted octanol–water partition coefficient (Wildman–Crippen LogP) is 3.90. The summed E-state index contributed by atoms with van der Waals surface area (Å²) in [5, 5.41) is 16.2. The highest BCUT2D eigenvalue weighted by Crippen LogP contribution is 2.33. The Morgan fingerprint density at radius 2 is 1.57 bits per heavy atom. The van der Waals surface area contributed by atoms with Crippen LogP contribution in [0.5, 0.6) is 11.5 Å². The van der Waals surface area contributed by atoms with Crippen LogP contribution >= 0.6 is 0 Å². The molecular formula is C24H24N6O4S. The van der Waals surface area contributed by atoms with Crippen LogP contribution < -0.4 is 19.5 Å². The SMILES string of the molecule is Cc1nn(-c2ccc(Nc3ccc(NS(=O)(=O)c4ccc5c(c4)OCCO5)cc3)nn2)c(C)c1C. The summed E-state index contributed by atoms with van der Waals surface area (Å²) in [7, 11) is -3.79. The van der Waals surface area contributed by atoms with Crippen LogP contribution in [0.3, 0.4) is 0 Å². The topological polar surface area (TPSA) is 120 Å². The molecule has 2 aromatic heterocycles. The van der Waals surface area contributed by atoms with Crippen molar-refractivity contribution in [3.05, 3.63) is 71.5 Å². The standard InChI is InChI=1S/C24H24N6O4S/c1-15-16(2)28-30(17(15)3)24-11-10-23(26-27-24)25-18-4-6-19(7-5-18)29-35(31,32)20-8-9-21-22(14-20)34-13-12-33-21/h4-11,14,29H,12-13H2,1-3H3,(H,25,26). The minimum atomic E-state index is -3.79. The number of ether oxygens (including phenoxy) is 2. The molecule has 180 valence electrons. The van der Waals surface area contributed by atoms with Gasteiger partial charge in [0.15, 0.2) is 23.1 Å². The van der Waals surface area contributed by atoms with Gasteiger partial charge < -0.3 is 14.8 Å². The Balaban J connectivity index is 1.26. The number of sulfonamides is 1. The molecule has 4 aromatic rings. The van der Waals surface area contributed by atoms with E-state index in [9.17, 15) is 8.42 Å². The van der Waals surface area contributed by atoms with Crippen LogP contribution in [0.4, 0.5) is 17.2 Å². The summed E-state index contributed by atoms with van der Waals surface area (Å²) in [6.07, 6.45) is 0. The first kappa shape index (κ1) is 22.7. The van der Waals surface area contributed by atoms with Gasteiger partial charge in [-0.15, -0.1) is 10.2 Å². The van der Waals surface area contributed by atoms with E-state index < -0.39 is 10.0 Å². The van der Waals surface area contributed by atoms with E-state index in [1.165, 1.54) is 12.1 Å². The van der Waals surface area contributed by atoms with Crippen molar-refractivity contribution in [1.29, 1.82) is 0 Å². The Hall–Kier alpha value is -4.12. The van der Waals surface area contributed by atoms with Gasteiger partial charge in [0.05, 0.1) is 10.6 Å². The van der Waals surface area contributed by atoms with Gasteiger partial charge in [0.2, 0.25) is 0 Å². The smallest absolute Gasteiger partial charge is 0.262 e. The first-order valence-electron chi connectivity index (χ1n) is 11.0. The second-order valence-corrected chi connectivity index (χ2v) is 9.78. The molecular weight excluding hydrogens is 468 g/mol. The van der Waals surface area contributed by atoms with E-state index in [0.717, 1.165) is 22.6 Å². The summed E-state index contributed by atoms with van der Waals surface area (Å²) in [5.74, 6) is 2.13. The van der Waals surface area contributed by atoms with Gasteiger partial charge in [0, 0.05) is 23.1 Å². The molecule has 0 bridgehead atoms. The number of hydrogen-bond donors (Lipinski definition) is 2. The molecule has 0 amide bonds. The van der Waals surface area contributed by atoms with Crippen molar-refractivity contribution in [2.75, 3.05) is 23.3 Å². The van der Waals surface area contributed by atoms with Crippen LogP contribution in [0.15, 0.2) is 59.5 Å². The zero-order valence-electron chi connectivity index (χ0n) is 19.4. The quantitative estimate of drug-likeness (QED) is 0.416. The van der Waals surface area contributed by atoms with Crippen LogP contribution in [-0.4, -0.2) is 41.6 Å². The first-order valence-corrected chi connectivity index (χ1v) is 12.4. The number of anilines is 3. The summed E-state index contributed by atoms with van der Waals surface area (Å²) in [5.41, 5.74) is 4.25. The first-order chi connectivity index (χ1) is 16.8. The van der Waals surface area contributed by atoms with Gasteiger partial charge in [-0.1, -0.05) is 0 Å². The maximum absolute atomic E-state index is 12.8. The molecule has 0 saturated carbocycles. The number of nitrogens with zero attached hydrogens (tertiary/aromatic N) is 4. The minimum Gasteiger partial charge on any atom is -0.486 e. The molecule has 11 heteroatoms. The molecule has 1 aliphatic heterocycles. The maximum atomic E-state index is 12.8. The number of aryl methyl sites for hydroxylation is 1. The Kier molecular flexibility index (Phi) is 5.77. The molecule has 2 N–H and O–H groups in total. The number of fused-ring (bicyclic) bond motifs is 1. The second kappa shape index (κ2) is 8.91. The van der Waals surface area contributed by atoms with Crippen molar-refractivity contribution in [2.45, 2.75) is 25.7 Å². The number of nitrogens with one attached hydrogen (secondary N) is 2. The van der Waals surface area contributed by atoms with Crippen molar-refractivity contribution in [3.63, 3.8) is 0 Å². The number of benzene rings is 2. The molecule has 0 saturated heterocycles. The highest BCUT2D eigenvalue weighted by molar-refractivity contribution is 7.92. The fraction of sp³-hybridized carbons (Fsp3) is 0.208. The monoisotopic (exact) mass is 492 g/mol. The van der Waals surface area contributed by atoms with E-state index in [-0.39, 0.29) is 4.90 Å². The summed E-state index contributed by atoms with van der Waals surface area (Å²) in [4.78, 5) is 0.0946. The average molecular weight is 493 g/mol. The van der Waals surface area contributed by atoms with Crippen molar-refractivity contribution in [3.8, 4) is 17.3 Å². The van der Waals surface area contributed by atoms with Crippen LogP contribution in [0.2, 0.25) is 0 Å². The van der Waals surface area contributed by atoms with Gasteiger partial charge in [0.1, 0.15) is 13.2 Å². The average Bonchev–Trinajstić information content (AvgIpc) is 3.12. The lowest BCUT2D eigenvalue weighted by Crippen LogP contribution is -2.17. The minimum absolute atomic E-state index is 0.0946. The van der Waals surface area contributed by atoms with Crippen LogP contribution in [0, 0.1) is 20.8 Å². The zero-order valence-corrected chi connectivity index (χ0v) is 20.3. The molecule has 3 heterocycles. The van der Waals surface area contributed by atoms with Crippen LogP contribution in [0.25, 0.3) is 5.82 Å². The Labute approximate surface area is 203 Å². The number of hydrogen-bond acceptors (Lipinski definition) is 8. The molecule has 5 rings (SSSR count). The lowest BCUT2D eigenvalue weighted by atomic mass is 10.2. The van der Waals surface area contributed by atoms with E-state index in [4.69, 9.17) is 9.47 Å². The maximum Gasteiger partial charge on any atom is 0.262 e. The Morgan fingerprint density at radius 1 is 0.857 bits per heavy atom. The van der Waals surface area contributed by atoms with Gasteiger partial charge >= 0.3 is 0 Å². The molecule has 35 heavy (non-hydrogen) atoms. The summed E-state index contributed by atoms with van der Waals surface area (Å²) in [6.45, 7) is 6.80. The fourth-order valence-electron chi connectivity index (χ4n) is 3.62. The van der Waals surface area contributed by atoms with Crippen LogP contribution in [0.1, 0.15) is 17.0 Å². The highest BCUT2D eigenvalue weighted by atomic mass is 32.2. The lowest BCUT2D eigenvalue weighted by molar-refractivity contribution is 0.171. The normalized spacial score (nSPS) is 12.9. The van der Waals surface area contributed by atoms with Crippen molar-refractivity contribution in [2.24, 2.45) is 0 Å². The fourth-order valence-corrected chi connectivity index (χ4v) is 4.70. The Bertz CT molecular complexity index is 1480. The highest BCUT2D eigenvalue weighted by Gasteiger charge is 2.19. The number of aromatic nitrogens is 4. The second-order valence-electron chi connectivity index (χ2n) is 8.10. The van der Waals surface area contributed by atoms with E-state index >= 15 is 0 Å². The molecule has 1 aliphatic rings. The molecule has 0 unspecified atom stereocenters. The molecule has 10 nitrogen and oxygen atoms in total. The van der Waals surface area contributed by atoms with E-state index in [0.29, 0.717) is 42.0 Å². The van der Waals surface area contributed by atoms with Crippen LogP contribution in [-0.2, 0) is 10.0 Å². The third-order valence-corrected chi connectivity index (χ3v) is 7.13. The zero-order chi connectivity index (χ0) is 24.6. The molecule has 0 atom stereocenters. The summed E-state index contributed by atoms with van der Waals surface area (Å²) >= 11 is 0. The van der Waals surface area contributed by atoms with Gasteiger partial charge in [0.25, 0.3) is 10.0 Å². The predicted molar refractivity (Wildman–Crippen MR) is 131 cm³/mol. The van der Waals surface area contributed by atoms with Crippen molar-refractivity contribution < 1.29 is 17.9 Å². The lowest BCUT2D eigenvalue weighted by Gasteiger charge is -2.19. The third kappa shape index (κ3) is 4.62. The van der Waals surface area contributed by atoms with Gasteiger partial charge in [-0.25, -0.2) is 13.1 Å². The van der Waals surface area contributed by atoms with E-state index in [1.54, 1.807) is 35.0 Å².